The number of furan rings is 1. The van der Waals surface area contributed by atoms with Gasteiger partial charge in [0, 0.05) is 39.3 Å². The molecule has 8 heteroatoms. The zero-order chi connectivity index (χ0) is 18.9. The van der Waals surface area contributed by atoms with Crippen molar-refractivity contribution in [2.45, 2.75) is 31.8 Å². The van der Waals surface area contributed by atoms with Crippen LogP contribution in [0.3, 0.4) is 0 Å². The third kappa shape index (κ3) is 3.58. The summed E-state index contributed by atoms with van der Waals surface area (Å²) in [7, 11) is 0. The van der Waals surface area contributed by atoms with Crippen LogP contribution in [0.4, 0.5) is 0 Å². The van der Waals surface area contributed by atoms with Crippen LogP contribution in [0.2, 0.25) is 0 Å². The molecule has 27 heavy (non-hydrogen) atoms. The fourth-order valence-electron chi connectivity index (χ4n) is 3.82. The first-order valence-corrected chi connectivity index (χ1v) is 9.62. The number of piperazine rings is 1. The van der Waals surface area contributed by atoms with Crippen molar-refractivity contribution in [1.82, 2.24) is 15.1 Å². The van der Waals surface area contributed by atoms with Gasteiger partial charge in [0.2, 0.25) is 11.8 Å². The second-order valence-corrected chi connectivity index (χ2v) is 7.49. The van der Waals surface area contributed by atoms with Gasteiger partial charge in [0.25, 0.3) is 5.91 Å². The lowest BCUT2D eigenvalue weighted by Gasteiger charge is -2.36. The predicted molar refractivity (Wildman–Crippen MR) is 94.8 cm³/mol. The molecule has 0 radical (unpaired) electrons. The Bertz CT molecular complexity index is 699. The molecule has 3 amide bonds. The molecule has 3 fully saturated rings. The number of hydrogen-bond donors (Lipinski definition) is 1. The molecule has 1 atom stereocenters. The molecule has 0 aromatic carbocycles. The summed E-state index contributed by atoms with van der Waals surface area (Å²) in [4.78, 5) is 41.3. The number of carbonyl (C=O) groups excluding carboxylic acids is 3. The topological polar surface area (TPSA) is 92.1 Å². The molecule has 1 aromatic heterocycles. The van der Waals surface area contributed by atoms with Crippen molar-refractivity contribution in [3.8, 4) is 0 Å². The summed E-state index contributed by atoms with van der Waals surface area (Å²) < 4.78 is 10.7. The van der Waals surface area contributed by atoms with E-state index in [0.29, 0.717) is 51.3 Å². The monoisotopic (exact) mass is 375 g/mol. The molecule has 1 aliphatic carbocycles. The number of hydrogen-bond acceptors (Lipinski definition) is 5. The number of nitrogens with one attached hydrogen (secondary N) is 1. The van der Waals surface area contributed by atoms with E-state index in [2.05, 4.69) is 5.32 Å². The Labute approximate surface area is 157 Å². The van der Waals surface area contributed by atoms with Gasteiger partial charge in [0.15, 0.2) is 5.76 Å². The van der Waals surface area contributed by atoms with Gasteiger partial charge in [-0.05, 0) is 37.8 Å². The summed E-state index contributed by atoms with van der Waals surface area (Å²) in [5.74, 6) is -0.154. The first-order valence-electron chi connectivity index (χ1n) is 9.62. The van der Waals surface area contributed by atoms with Crippen LogP contribution < -0.4 is 5.32 Å². The van der Waals surface area contributed by atoms with Crippen LogP contribution in [-0.2, 0) is 14.3 Å². The van der Waals surface area contributed by atoms with Gasteiger partial charge in [0.1, 0.15) is 5.41 Å². The van der Waals surface area contributed by atoms with Crippen molar-refractivity contribution in [3.05, 3.63) is 24.2 Å². The molecule has 0 bridgehead atoms. The van der Waals surface area contributed by atoms with E-state index in [1.165, 1.54) is 6.26 Å². The molecule has 2 aliphatic heterocycles. The van der Waals surface area contributed by atoms with E-state index in [1.54, 1.807) is 21.9 Å². The van der Waals surface area contributed by atoms with Gasteiger partial charge in [-0.3, -0.25) is 14.4 Å². The van der Waals surface area contributed by atoms with Gasteiger partial charge in [-0.1, -0.05) is 0 Å². The van der Waals surface area contributed by atoms with Crippen LogP contribution >= 0.6 is 0 Å². The van der Waals surface area contributed by atoms with Crippen molar-refractivity contribution >= 4 is 17.7 Å². The Morgan fingerprint density at radius 1 is 1.15 bits per heavy atom. The Balaban J connectivity index is 1.29. The first kappa shape index (κ1) is 18.0. The molecule has 8 nitrogen and oxygen atoms in total. The Morgan fingerprint density at radius 2 is 1.89 bits per heavy atom. The van der Waals surface area contributed by atoms with Crippen LogP contribution in [0, 0.1) is 5.41 Å². The van der Waals surface area contributed by atoms with E-state index in [0.717, 1.165) is 19.4 Å². The average Bonchev–Trinajstić information content (AvgIpc) is 3.11. The summed E-state index contributed by atoms with van der Waals surface area (Å²) in [6, 6.07) is 3.32. The summed E-state index contributed by atoms with van der Waals surface area (Å²) in [5.41, 5.74) is -0.911. The SMILES string of the molecule is O=C(c1ccco1)N1CCN(C(=O)C2(C(=O)NCC3CCCO3)CC2)CC1. The quantitative estimate of drug-likeness (QED) is 0.763. The molecular formula is C19H25N3O5. The number of amides is 3. The van der Waals surface area contributed by atoms with E-state index in [-0.39, 0.29) is 23.8 Å². The fraction of sp³-hybridized carbons (Fsp3) is 0.632. The zero-order valence-corrected chi connectivity index (χ0v) is 15.3. The summed E-state index contributed by atoms with van der Waals surface area (Å²) in [6.07, 6.45) is 4.69. The van der Waals surface area contributed by atoms with Crippen LogP contribution in [0.5, 0.6) is 0 Å². The maximum absolute atomic E-state index is 12.9. The third-order valence-electron chi connectivity index (χ3n) is 5.69. The standard InChI is InChI=1S/C19H25N3O5/c23-16(15-4-2-12-27-15)21-7-9-22(10-8-21)18(25)19(5-6-19)17(24)20-13-14-3-1-11-26-14/h2,4,12,14H,1,3,5-11,13H2,(H,20,24). The highest BCUT2D eigenvalue weighted by molar-refractivity contribution is 6.08. The maximum Gasteiger partial charge on any atom is 0.289 e. The lowest BCUT2D eigenvalue weighted by molar-refractivity contribution is -0.145. The van der Waals surface area contributed by atoms with Gasteiger partial charge >= 0.3 is 0 Å². The summed E-state index contributed by atoms with van der Waals surface area (Å²) in [5, 5.41) is 2.90. The lowest BCUT2D eigenvalue weighted by Crippen LogP contribution is -2.54. The number of carbonyl (C=O) groups is 3. The van der Waals surface area contributed by atoms with Crippen LogP contribution in [-0.4, -0.2) is 73.0 Å². The highest BCUT2D eigenvalue weighted by atomic mass is 16.5. The van der Waals surface area contributed by atoms with E-state index < -0.39 is 5.41 Å². The van der Waals surface area contributed by atoms with Crippen molar-refractivity contribution in [2.75, 3.05) is 39.3 Å². The van der Waals surface area contributed by atoms with E-state index >= 15 is 0 Å². The van der Waals surface area contributed by atoms with Crippen LogP contribution in [0.1, 0.15) is 36.2 Å². The highest BCUT2D eigenvalue weighted by Gasteiger charge is 2.58. The molecule has 1 saturated carbocycles. The number of ether oxygens (including phenoxy) is 1. The Morgan fingerprint density at radius 3 is 2.48 bits per heavy atom. The average molecular weight is 375 g/mol. The van der Waals surface area contributed by atoms with Crippen molar-refractivity contribution in [3.63, 3.8) is 0 Å². The van der Waals surface area contributed by atoms with Gasteiger partial charge in [-0.25, -0.2) is 0 Å². The zero-order valence-electron chi connectivity index (χ0n) is 15.3. The second kappa shape index (κ2) is 7.34. The largest absolute Gasteiger partial charge is 0.459 e. The highest BCUT2D eigenvalue weighted by Crippen LogP contribution is 2.47. The van der Waals surface area contributed by atoms with Crippen molar-refractivity contribution < 1.29 is 23.5 Å². The van der Waals surface area contributed by atoms with Gasteiger partial charge in [0.05, 0.1) is 12.4 Å². The predicted octanol–water partition coefficient (Wildman–Crippen LogP) is 0.639. The number of nitrogens with zero attached hydrogens (tertiary/aromatic N) is 2. The van der Waals surface area contributed by atoms with Crippen molar-refractivity contribution in [2.24, 2.45) is 5.41 Å². The van der Waals surface area contributed by atoms with Gasteiger partial charge in [-0.15, -0.1) is 0 Å². The van der Waals surface area contributed by atoms with Gasteiger partial charge < -0.3 is 24.3 Å². The molecule has 4 rings (SSSR count). The summed E-state index contributed by atoms with van der Waals surface area (Å²) >= 11 is 0. The maximum atomic E-state index is 12.9. The molecule has 1 N–H and O–H groups in total. The van der Waals surface area contributed by atoms with Gasteiger partial charge in [-0.2, -0.15) is 0 Å². The minimum Gasteiger partial charge on any atom is -0.459 e. The fourth-order valence-corrected chi connectivity index (χ4v) is 3.82. The normalized spacial score (nSPS) is 23.9. The molecular weight excluding hydrogens is 350 g/mol. The van der Waals surface area contributed by atoms with E-state index in [4.69, 9.17) is 9.15 Å². The molecule has 3 heterocycles. The van der Waals surface area contributed by atoms with Crippen molar-refractivity contribution in [1.29, 1.82) is 0 Å². The molecule has 146 valence electrons. The van der Waals surface area contributed by atoms with Crippen LogP contribution in [0.25, 0.3) is 0 Å². The minimum absolute atomic E-state index is 0.0658. The smallest absolute Gasteiger partial charge is 0.289 e. The Hall–Kier alpha value is -2.35. The van der Waals surface area contributed by atoms with E-state index in [1.807, 2.05) is 0 Å². The van der Waals surface area contributed by atoms with Crippen LogP contribution in [0.15, 0.2) is 22.8 Å². The third-order valence-corrected chi connectivity index (χ3v) is 5.69. The molecule has 1 unspecified atom stereocenters. The first-order chi connectivity index (χ1) is 13.1. The molecule has 2 saturated heterocycles. The minimum atomic E-state index is -0.911. The molecule has 0 spiro atoms. The number of rotatable bonds is 5. The lowest BCUT2D eigenvalue weighted by atomic mass is 10.0. The molecule has 3 aliphatic rings. The van der Waals surface area contributed by atoms with E-state index in [9.17, 15) is 14.4 Å². The second-order valence-electron chi connectivity index (χ2n) is 7.49. The molecule has 1 aromatic rings. The summed E-state index contributed by atoms with van der Waals surface area (Å²) in [6.45, 7) is 2.97. The Kier molecular flexibility index (Phi) is 4.90.